The van der Waals surface area contributed by atoms with Crippen molar-refractivity contribution >= 4 is 43.6 Å². The van der Waals surface area contributed by atoms with E-state index in [-0.39, 0.29) is 0 Å². The Balaban J connectivity index is 1.28. The number of aromatic nitrogens is 8. The summed E-state index contributed by atoms with van der Waals surface area (Å²) in [7, 11) is 0. The number of benzene rings is 8. The molecule has 2 aliphatic heterocycles. The SMILES string of the molecule is Cc1nc(-c2ccccc2)nc(-c2c3c(c(-c4nc(-c5ccccc5)nc(-c5ccccc5)n4)c4c2C(C)(C)c2cccc5c6ccccc6n-4c25)C(C)(C)c2cccc4c5ccccc5n-3c24)n1. The highest BCUT2D eigenvalue weighted by Gasteiger charge is 2.48. The summed E-state index contributed by atoms with van der Waals surface area (Å²) in [6.45, 7) is 11.5. The maximum absolute atomic E-state index is 5.65. The van der Waals surface area contributed by atoms with Crippen LogP contribution in [0, 0.1) is 6.92 Å². The van der Waals surface area contributed by atoms with Crippen molar-refractivity contribution in [1.82, 2.24) is 39.0 Å². The lowest BCUT2D eigenvalue weighted by Crippen LogP contribution is -2.34. The molecule has 6 heterocycles. The second kappa shape index (κ2) is 14.2. The fourth-order valence-electron chi connectivity index (χ4n) is 11.8. The molecule has 69 heavy (non-hydrogen) atoms. The molecule has 0 atom stereocenters. The number of para-hydroxylation sites is 4. The lowest BCUT2D eigenvalue weighted by molar-refractivity contribution is 0.612. The van der Waals surface area contributed by atoms with E-state index in [2.05, 4.69) is 158 Å². The Morgan fingerprint density at radius 2 is 0.667 bits per heavy atom. The summed E-state index contributed by atoms with van der Waals surface area (Å²) < 4.78 is 5.03. The Bertz CT molecular complexity index is 4070. The van der Waals surface area contributed by atoms with Crippen LogP contribution in [0.4, 0.5) is 0 Å². The largest absolute Gasteiger partial charge is 0.308 e. The van der Waals surface area contributed by atoms with E-state index in [0.29, 0.717) is 34.9 Å². The molecule has 0 bridgehead atoms. The Morgan fingerprint density at radius 1 is 0.333 bits per heavy atom. The van der Waals surface area contributed by atoms with Gasteiger partial charge in [-0.15, -0.1) is 0 Å². The molecular weight excluding hydrogens is 845 g/mol. The normalized spacial score (nSPS) is 14.1. The van der Waals surface area contributed by atoms with E-state index < -0.39 is 10.8 Å². The first-order valence-corrected chi connectivity index (χ1v) is 23.6. The third kappa shape index (κ3) is 5.45. The fraction of sp³-hybridized carbons (Fsp3) is 0.115. The van der Waals surface area contributed by atoms with Crippen molar-refractivity contribution in [2.75, 3.05) is 0 Å². The van der Waals surface area contributed by atoms with Crippen LogP contribution in [0.1, 0.15) is 55.8 Å². The summed E-state index contributed by atoms with van der Waals surface area (Å²) in [5.41, 5.74) is 14.6. The number of hydrogen-bond donors (Lipinski definition) is 0. The van der Waals surface area contributed by atoms with Crippen LogP contribution in [0.3, 0.4) is 0 Å². The van der Waals surface area contributed by atoms with Gasteiger partial charge in [-0.2, -0.15) is 0 Å². The van der Waals surface area contributed by atoms with Crippen LogP contribution in [0.5, 0.6) is 0 Å². The van der Waals surface area contributed by atoms with Crippen LogP contribution in [-0.4, -0.2) is 39.0 Å². The maximum atomic E-state index is 5.65. The molecule has 0 saturated carbocycles. The zero-order chi connectivity index (χ0) is 46.3. The van der Waals surface area contributed by atoms with E-state index >= 15 is 0 Å². The zero-order valence-corrected chi connectivity index (χ0v) is 38.8. The minimum atomic E-state index is -0.627. The third-order valence-corrected chi connectivity index (χ3v) is 14.8. The third-order valence-electron chi connectivity index (χ3n) is 14.8. The molecule has 8 nitrogen and oxygen atoms in total. The monoisotopic (exact) mass is 888 g/mol. The number of rotatable bonds is 5. The predicted octanol–water partition coefficient (Wildman–Crippen LogP) is 14.2. The van der Waals surface area contributed by atoms with Crippen LogP contribution >= 0.6 is 0 Å². The maximum Gasteiger partial charge on any atom is 0.166 e. The second-order valence-corrected chi connectivity index (χ2v) is 19.5. The van der Waals surface area contributed by atoms with Gasteiger partial charge in [0, 0.05) is 71.3 Å². The molecule has 0 fully saturated rings. The van der Waals surface area contributed by atoms with Crippen molar-refractivity contribution in [3.8, 4) is 68.3 Å². The van der Waals surface area contributed by atoms with Crippen LogP contribution in [0.25, 0.3) is 112 Å². The Morgan fingerprint density at radius 3 is 1.10 bits per heavy atom. The lowest BCUT2D eigenvalue weighted by Gasteiger charge is -2.43. The van der Waals surface area contributed by atoms with Gasteiger partial charge in [0.15, 0.2) is 29.1 Å². The van der Waals surface area contributed by atoms with Crippen LogP contribution in [0.15, 0.2) is 176 Å². The highest BCUT2D eigenvalue weighted by molar-refractivity contribution is 6.16. The van der Waals surface area contributed by atoms with Crippen molar-refractivity contribution in [3.63, 3.8) is 0 Å². The summed E-state index contributed by atoms with van der Waals surface area (Å²) in [5, 5.41) is 4.76. The Hall–Kier alpha value is -8.62. The minimum absolute atomic E-state index is 0.597. The minimum Gasteiger partial charge on any atom is -0.308 e. The van der Waals surface area contributed by atoms with Gasteiger partial charge in [-0.3, -0.25) is 0 Å². The van der Waals surface area contributed by atoms with Gasteiger partial charge in [0.1, 0.15) is 5.82 Å². The summed E-state index contributed by atoms with van der Waals surface area (Å²) >= 11 is 0. The van der Waals surface area contributed by atoms with Crippen molar-refractivity contribution in [2.24, 2.45) is 0 Å². The number of fused-ring (bicyclic) bond motifs is 10. The highest BCUT2D eigenvalue weighted by Crippen LogP contribution is 2.60. The van der Waals surface area contributed by atoms with Crippen molar-refractivity contribution < 1.29 is 0 Å². The molecule has 328 valence electrons. The van der Waals surface area contributed by atoms with E-state index in [1.807, 2.05) is 61.5 Å². The molecule has 0 unspecified atom stereocenters. The fourth-order valence-corrected chi connectivity index (χ4v) is 11.8. The molecule has 0 radical (unpaired) electrons. The van der Waals surface area contributed by atoms with E-state index in [1.54, 1.807) is 0 Å². The molecule has 0 aliphatic carbocycles. The molecule has 0 amide bonds. The number of aryl methyl sites for hydroxylation is 1. The molecular formula is C61H44N8. The highest BCUT2D eigenvalue weighted by atomic mass is 15.1. The summed E-state index contributed by atoms with van der Waals surface area (Å²) in [6.07, 6.45) is 0. The van der Waals surface area contributed by atoms with Gasteiger partial charge in [0.2, 0.25) is 0 Å². The van der Waals surface area contributed by atoms with E-state index in [9.17, 15) is 0 Å². The number of hydrogen-bond acceptors (Lipinski definition) is 6. The van der Waals surface area contributed by atoms with Gasteiger partial charge < -0.3 is 9.13 Å². The first kappa shape index (κ1) is 39.5. The Kier molecular flexibility index (Phi) is 8.14. The molecule has 12 aromatic rings. The standard InChI is InChI=1S/C61H44N8/c1-35-62-55(36-21-9-6-10-22-36)65-58(63-35)47-49-54(69-46-34-18-16-28-40(46)42-30-19-31-43(52(42)69)60(49,2)3)48(59-66-56(37-23-11-7-12-24-37)64-57(67-59)38-25-13-8-14-26-38)50-53(47)68-45-33-17-15-27-39(45)41-29-20-32-44(51(41)68)61(50,4)5/h6-34H,1-5H3. The lowest BCUT2D eigenvalue weighted by atomic mass is 9.66. The average Bonchev–Trinajstić information content (AvgIpc) is 3.91. The van der Waals surface area contributed by atoms with Gasteiger partial charge >= 0.3 is 0 Å². The van der Waals surface area contributed by atoms with Gasteiger partial charge in [0.05, 0.1) is 33.4 Å². The summed E-state index contributed by atoms with van der Waals surface area (Å²) in [4.78, 5) is 32.6. The number of nitrogens with zero attached hydrogens (tertiary/aromatic N) is 8. The molecule has 2 aliphatic rings. The average molecular weight is 889 g/mol. The van der Waals surface area contributed by atoms with Crippen molar-refractivity contribution in [1.29, 1.82) is 0 Å². The molecule has 14 rings (SSSR count). The van der Waals surface area contributed by atoms with Crippen molar-refractivity contribution in [2.45, 2.75) is 45.4 Å². The predicted molar refractivity (Wildman–Crippen MR) is 278 cm³/mol. The smallest absolute Gasteiger partial charge is 0.166 e. The summed E-state index contributed by atoms with van der Waals surface area (Å²) in [5.74, 6) is 3.69. The summed E-state index contributed by atoms with van der Waals surface area (Å²) in [6, 6.07) is 62.1. The first-order valence-electron chi connectivity index (χ1n) is 23.6. The Labute approximate surface area is 398 Å². The zero-order valence-electron chi connectivity index (χ0n) is 38.8. The van der Waals surface area contributed by atoms with Gasteiger partial charge in [0.25, 0.3) is 0 Å². The van der Waals surface area contributed by atoms with Gasteiger partial charge in [-0.1, -0.05) is 191 Å². The van der Waals surface area contributed by atoms with Crippen LogP contribution in [-0.2, 0) is 10.8 Å². The van der Waals surface area contributed by atoms with E-state index in [0.717, 1.165) is 61.4 Å². The molecule has 0 spiro atoms. The molecule has 0 saturated heterocycles. The van der Waals surface area contributed by atoms with Crippen LogP contribution in [0.2, 0.25) is 0 Å². The topological polar surface area (TPSA) is 87.2 Å². The quantitative estimate of drug-likeness (QED) is 0.171. The first-order chi connectivity index (χ1) is 33.7. The van der Waals surface area contributed by atoms with E-state index in [4.69, 9.17) is 29.9 Å². The molecule has 8 heteroatoms. The molecule has 4 aromatic heterocycles. The van der Waals surface area contributed by atoms with Crippen LogP contribution < -0.4 is 0 Å². The van der Waals surface area contributed by atoms with Gasteiger partial charge in [-0.25, -0.2) is 29.9 Å². The van der Waals surface area contributed by atoms with E-state index in [1.165, 1.54) is 43.7 Å². The molecule has 0 N–H and O–H groups in total. The molecule has 8 aromatic carbocycles. The second-order valence-electron chi connectivity index (χ2n) is 19.5. The van der Waals surface area contributed by atoms with Crippen molar-refractivity contribution in [3.05, 3.63) is 204 Å². The van der Waals surface area contributed by atoms with Gasteiger partial charge in [-0.05, 0) is 30.2 Å².